The summed E-state index contributed by atoms with van der Waals surface area (Å²) in [4.78, 5) is 10.1. The molecule has 0 aliphatic heterocycles. The van der Waals surface area contributed by atoms with Gasteiger partial charge in [0.15, 0.2) is 0 Å². The molecule has 0 fully saturated rings. The van der Waals surface area contributed by atoms with Crippen LogP contribution in [0.5, 0.6) is 0 Å². The van der Waals surface area contributed by atoms with E-state index in [4.69, 9.17) is 4.74 Å². The first-order valence-corrected chi connectivity index (χ1v) is 6.36. The van der Waals surface area contributed by atoms with Crippen LogP contribution in [0.1, 0.15) is 12.0 Å². The first-order chi connectivity index (χ1) is 9.24. The fourth-order valence-corrected chi connectivity index (χ4v) is 1.56. The molecular weight excluding hydrogens is 244 g/mol. The van der Waals surface area contributed by atoms with Gasteiger partial charge in [-0.05, 0) is 24.9 Å². The summed E-state index contributed by atoms with van der Waals surface area (Å²) >= 11 is 0. The molecule has 19 heavy (non-hydrogen) atoms. The number of nitrogens with one attached hydrogen (secondary N) is 1. The first kappa shape index (κ1) is 15.3. The highest BCUT2D eigenvalue weighted by Crippen LogP contribution is 2.11. The van der Waals surface area contributed by atoms with Gasteiger partial charge < -0.3 is 10.1 Å². The zero-order valence-electron chi connectivity index (χ0n) is 11.0. The Kier molecular flexibility index (Phi) is 7.46. The van der Waals surface area contributed by atoms with Gasteiger partial charge in [0.25, 0.3) is 5.69 Å². The summed E-state index contributed by atoms with van der Waals surface area (Å²) in [5, 5.41) is 13.8. The van der Waals surface area contributed by atoms with Crippen LogP contribution in [0.2, 0.25) is 0 Å². The van der Waals surface area contributed by atoms with Crippen molar-refractivity contribution in [3.05, 3.63) is 52.6 Å². The molecule has 0 spiro atoms. The molecule has 0 saturated carbocycles. The van der Waals surface area contributed by atoms with E-state index in [2.05, 4.69) is 11.9 Å². The summed E-state index contributed by atoms with van der Waals surface area (Å²) in [7, 11) is 0. The van der Waals surface area contributed by atoms with Crippen LogP contribution < -0.4 is 5.32 Å². The van der Waals surface area contributed by atoms with E-state index in [1.807, 2.05) is 6.08 Å². The number of nitro groups is 1. The standard InChI is InChI=1S/C14H20N2O3/c1-2-3-11-19-12-10-15-9-8-13-4-6-14(7-5-13)16(17)18/h2,4-7,15H,1,3,8-12H2. The number of hydrogen-bond donors (Lipinski definition) is 1. The van der Waals surface area contributed by atoms with Crippen LogP contribution in [0.25, 0.3) is 0 Å². The lowest BCUT2D eigenvalue weighted by molar-refractivity contribution is -0.384. The zero-order chi connectivity index (χ0) is 13.9. The Hall–Kier alpha value is -1.72. The van der Waals surface area contributed by atoms with Gasteiger partial charge >= 0.3 is 0 Å². The fraction of sp³-hybridized carbons (Fsp3) is 0.429. The van der Waals surface area contributed by atoms with Crippen molar-refractivity contribution < 1.29 is 9.66 Å². The molecule has 0 heterocycles. The van der Waals surface area contributed by atoms with Crippen molar-refractivity contribution in [1.82, 2.24) is 5.32 Å². The van der Waals surface area contributed by atoms with Crippen LogP contribution in [-0.2, 0) is 11.2 Å². The molecule has 0 radical (unpaired) electrons. The Labute approximate surface area is 113 Å². The zero-order valence-corrected chi connectivity index (χ0v) is 11.0. The average molecular weight is 264 g/mol. The number of nitro benzene ring substituents is 1. The smallest absolute Gasteiger partial charge is 0.269 e. The highest BCUT2D eigenvalue weighted by molar-refractivity contribution is 5.32. The molecule has 0 saturated heterocycles. The number of benzene rings is 1. The molecule has 5 nitrogen and oxygen atoms in total. The van der Waals surface area contributed by atoms with Crippen molar-refractivity contribution in [2.75, 3.05) is 26.3 Å². The van der Waals surface area contributed by atoms with E-state index in [1.165, 1.54) is 12.1 Å². The Bertz CT molecular complexity index is 390. The van der Waals surface area contributed by atoms with Gasteiger partial charge in [0.1, 0.15) is 0 Å². The summed E-state index contributed by atoms with van der Waals surface area (Å²) in [5.41, 5.74) is 1.22. The van der Waals surface area contributed by atoms with Gasteiger partial charge in [0, 0.05) is 18.7 Å². The SMILES string of the molecule is C=CCCOCCNCCc1ccc([N+](=O)[O-])cc1. The van der Waals surface area contributed by atoms with Gasteiger partial charge in [-0.15, -0.1) is 6.58 Å². The summed E-state index contributed by atoms with van der Waals surface area (Å²) in [6, 6.07) is 6.66. The van der Waals surface area contributed by atoms with Crippen LogP contribution in [0.15, 0.2) is 36.9 Å². The summed E-state index contributed by atoms with van der Waals surface area (Å²) in [6.45, 7) is 6.67. The molecule has 1 aromatic rings. The maximum atomic E-state index is 10.5. The van der Waals surface area contributed by atoms with Crippen molar-refractivity contribution in [2.24, 2.45) is 0 Å². The van der Waals surface area contributed by atoms with E-state index >= 15 is 0 Å². The predicted molar refractivity (Wildman–Crippen MR) is 75.3 cm³/mol. The van der Waals surface area contributed by atoms with Crippen LogP contribution in [-0.4, -0.2) is 31.2 Å². The third kappa shape index (κ3) is 6.69. The molecule has 0 unspecified atom stereocenters. The molecule has 0 amide bonds. The predicted octanol–water partition coefficient (Wildman–Crippen LogP) is 2.32. The quantitative estimate of drug-likeness (QED) is 0.305. The lowest BCUT2D eigenvalue weighted by atomic mass is 10.1. The Morgan fingerprint density at radius 1 is 1.26 bits per heavy atom. The molecule has 0 atom stereocenters. The van der Waals surface area contributed by atoms with Gasteiger partial charge in [-0.1, -0.05) is 18.2 Å². The van der Waals surface area contributed by atoms with Crippen molar-refractivity contribution in [2.45, 2.75) is 12.8 Å². The third-order valence-corrected chi connectivity index (χ3v) is 2.63. The van der Waals surface area contributed by atoms with Gasteiger partial charge in [-0.25, -0.2) is 0 Å². The summed E-state index contributed by atoms with van der Waals surface area (Å²) in [5.74, 6) is 0. The molecule has 1 N–H and O–H groups in total. The minimum atomic E-state index is -0.386. The second kappa shape index (κ2) is 9.24. The Morgan fingerprint density at radius 2 is 2.00 bits per heavy atom. The van der Waals surface area contributed by atoms with Crippen molar-refractivity contribution >= 4 is 5.69 Å². The third-order valence-electron chi connectivity index (χ3n) is 2.63. The number of hydrogen-bond acceptors (Lipinski definition) is 4. The van der Waals surface area contributed by atoms with E-state index in [9.17, 15) is 10.1 Å². The number of nitrogens with zero attached hydrogens (tertiary/aromatic N) is 1. The molecule has 1 rings (SSSR count). The lowest BCUT2D eigenvalue weighted by Crippen LogP contribution is -2.22. The van der Waals surface area contributed by atoms with Crippen molar-refractivity contribution in [3.63, 3.8) is 0 Å². The molecule has 104 valence electrons. The van der Waals surface area contributed by atoms with Gasteiger partial charge in [-0.3, -0.25) is 10.1 Å². The number of rotatable bonds is 10. The average Bonchev–Trinajstić information content (AvgIpc) is 2.42. The van der Waals surface area contributed by atoms with Crippen LogP contribution in [0, 0.1) is 10.1 Å². The monoisotopic (exact) mass is 264 g/mol. The second-order valence-electron chi connectivity index (χ2n) is 4.11. The van der Waals surface area contributed by atoms with Crippen molar-refractivity contribution in [1.29, 1.82) is 0 Å². The normalized spacial score (nSPS) is 10.3. The number of non-ortho nitro benzene ring substituents is 1. The molecule has 0 aromatic heterocycles. The highest BCUT2D eigenvalue weighted by atomic mass is 16.6. The first-order valence-electron chi connectivity index (χ1n) is 6.36. The minimum Gasteiger partial charge on any atom is -0.380 e. The molecule has 5 heteroatoms. The summed E-state index contributed by atoms with van der Waals surface area (Å²) in [6.07, 6.45) is 3.56. The molecular formula is C14H20N2O3. The minimum absolute atomic E-state index is 0.132. The maximum absolute atomic E-state index is 10.5. The number of ether oxygens (including phenoxy) is 1. The van der Waals surface area contributed by atoms with Crippen LogP contribution in [0.3, 0.4) is 0 Å². The Balaban J connectivity index is 2.09. The topological polar surface area (TPSA) is 64.4 Å². The van der Waals surface area contributed by atoms with E-state index in [0.717, 1.165) is 31.5 Å². The maximum Gasteiger partial charge on any atom is 0.269 e. The molecule has 0 bridgehead atoms. The molecule has 0 aliphatic rings. The van der Waals surface area contributed by atoms with Gasteiger partial charge in [0.05, 0.1) is 18.1 Å². The largest absolute Gasteiger partial charge is 0.380 e. The van der Waals surface area contributed by atoms with E-state index in [-0.39, 0.29) is 10.6 Å². The van der Waals surface area contributed by atoms with E-state index in [1.54, 1.807) is 12.1 Å². The highest BCUT2D eigenvalue weighted by Gasteiger charge is 2.03. The molecule has 0 aliphatic carbocycles. The fourth-order valence-electron chi connectivity index (χ4n) is 1.56. The van der Waals surface area contributed by atoms with E-state index < -0.39 is 0 Å². The summed E-state index contributed by atoms with van der Waals surface area (Å²) < 4.78 is 5.36. The van der Waals surface area contributed by atoms with Crippen LogP contribution >= 0.6 is 0 Å². The van der Waals surface area contributed by atoms with Crippen LogP contribution in [0.4, 0.5) is 5.69 Å². The van der Waals surface area contributed by atoms with Gasteiger partial charge in [0.2, 0.25) is 0 Å². The Morgan fingerprint density at radius 3 is 2.63 bits per heavy atom. The second-order valence-corrected chi connectivity index (χ2v) is 4.11. The van der Waals surface area contributed by atoms with E-state index in [0.29, 0.717) is 13.2 Å². The van der Waals surface area contributed by atoms with Crippen molar-refractivity contribution in [3.8, 4) is 0 Å². The van der Waals surface area contributed by atoms with Gasteiger partial charge in [-0.2, -0.15) is 0 Å². The lowest BCUT2D eigenvalue weighted by Gasteiger charge is -2.05. The molecule has 1 aromatic carbocycles.